The van der Waals surface area contributed by atoms with Crippen LogP contribution in [0.3, 0.4) is 0 Å². The second-order valence-electron chi connectivity index (χ2n) is 2.75. The molecule has 0 aliphatic carbocycles. The number of carboxylic acids is 1. The van der Waals surface area contributed by atoms with Crippen LogP contribution in [0.25, 0.3) is 0 Å². The fourth-order valence-electron chi connectivity index (χ4n) is 0.878. The van der Waals surface area contributed by atoms with E-state index >= 15 is 0 Å². The van der Waals surface area contributed by atoms with Crippen LogP contribution in [0.5, 0.6) is 0 Å². The predicted octanol–water partition coefficient (Wildman–Crippen LogP) is -1.09. The molecule has 0 fully saturated rings. The van der Waals surface area contributed by atoms with Gasteiger partial charge in [0.25, 0.3) is 0 Å². The first kappa shape index (κ1) is 10.1. The first-order valence-electron chi connectivity index (χ1n) is 3.08. The Morgan fingerprint density at radius 2 is 1.82 bits per heavy atom. The number of carbonyl (C=O) groups is 2. The Hall–Kier alpha value is -0.940. The summed E-state index contributed by atoms with van der Waals surface area (Å²) in [5.74, 6) is -3.16. The highest BCUT2D eigenvalue weighted by atomic mass is 16.4. The molecule has 0 heterocycles. The first-order chi connectivity index (χ1) is 4.76. The minimum Gasteiger partial charge on any atom is -0.481 e. The largest absolute Gasteiger partial charge is 0.481 e. The lowest BCUT2D eigenvalue weighted by molar-refractivity contribution is -0.148. The number of nitrogens with two attached hydrogens (primary N) is 2. The number of carbonyl (C=O) groups excluding carboxylic acids is 1. The number of aliphatic carboxylic acids is 1. The minimum atomic E-state index is -1.49. The summed E-state index contributed by atoms with van der Waals surface area (Å²) in [7, 11) is 0. The van der Waals surface area contributed by atoms with Crippen molar-refractivity contribution in [2.24, 2.45) is 17.4 Å². The van der Waals surface area contributed by atoms with Gasteiger partial charge in [0.2, 0.25) is 0 Å². The van der Waals surface area contributed by atoms with Crippen LogP contribution in [-0.2, 0) is 9.59 Å². The van der Waals surface area contributed by atoms with Gasteiger partial charge in [0, 0.05) is 0 Å². The molecule has 0 aliphatic heterocycles. The number of Topliss-reactive ketones (excluding diaryl/α,β-unsaturated/α-hetero) is 1. The smallest absolute Gasteiger partial charge is 0.317 e. The third-order valence-electron chi connectivity index (χ3n) is 1.28. The maximum Gasteiger partial charge on any atom is 0.317 e. The van der Waals surface area contributed by atoms with E-state index in [1.54, 1.807) is 0 Å². The van der Waals surface area contributed by atoms with Crippen LogP contribution in [-0.4, -0.2) is 22.5 Å². The van der Waals surface area contributed by atoms with Gasteiger partial charge < -0.3 is 16.6 Å². The van der Waals surface area contributed by atoms with E-state index in [9.17, 15) is 9.59 Å². The van der Waals surface area contributed by atoms with Crippen molar-refractivity contribution >= 4 is 11.8 Å². The van der Waals surface area contributed by atoms with Crippen molar-refractivity contribution in [2.45, 2.75) is 19.5 Å². The van der Waals surface area contributed by atoms with Crippen LogP contribution in [0.4, 0.5) is 0 Å². The first-order valence-corrected chi connectivity index (χ1v) is 3.08. The average molecular weight is 160 g/mol. The maximum atomic E-state index is 10.7. The molecule has 5 nitrogen and oxygen atoms in total. The molecule has 0 amide bonds. The van der Waals surface area contributed by atoms with E-state index in [2.05, 4.69) is 0 Å². The summed E-state index contributed by atoms with van der Waals surface area (Å²) >= 11 is 0. The highest BCUT2D eigenvalue weighted by Crippen LogP contribution is 2.09. The van der Waals surface area contributed by atoms with Gasteiger partial charge in [-0.3, -0.25) is 9.59 Å². The molecule has 0 saturated heterocycles. The second kappa shape index (κ2) is 2.98. The predicted molar refractivity (Wildman–Crippen MR) is 38.6 cm³/mol. The highest BCUT2D eigenvalue weighted by molar-refractivity contribution is 5.98. The lowest BCUT2D eigenvalue weighted by atomic mass is 9.92. The zero-order valence-corrected chi connectivity index (χ0v) is 6.50. The van der Waals surface area contributed by atoms with Crippen molar-refractivity contribution in [1.82, 2.24) is 0 Å². The summed E-state index contributed by atoms with van der Waals surface area (Å²) in [5, 5.41) is 8.50. The zero-order chi connectivity index (χ0) is 9.23. The zero-order valence-electron chi connectivity index (χ0n) is 6.50. The molecule has 5 heteroatoms. The summed E-state index contributed by atoms with van der Waals surface area (Å²) in [6, 6.07) is 0. The van der Waals surface area contributed by atoms with E-state index in [-0.39, 0.29) is 0 Å². The molecule has 0 aliphatic rings. The monoisotopic (exact) mass is 160 g/mol. The van der Waals surface area contributed by atoms with Crippen molar-refractivity contribution < 1.29 is 14.7 Å². The van der Waals surface area contributed by atoms with E-state index in [0.29, 0.717) is 0 Å². The molecule has 1 atom stereocenters. The third-order valence-corrected chi connectivity index (χ3v) is 1.28. The van der Waals surface area contributed by atoms with E-state index in [1.165, 1.54) is 6.92 Å². The maximum absolute atomic E-state index is 10.7. The second-order valence-corrected chi connectivity index (χ2v) is 2.75. The van der Waals surface area contributed by atoms with Crippen LogP contribution < -0.4 is 11.5 Å². The SMILES string of the molecule is CC(=O)C(C(=O)O)C(C)(N)N. The van der Waals surface area contributed by atoms with E-state index < -0.39 is 23.3 Å². The van der Waals surface area contributed by atoms with E-state index in [0.717, 1.165) is 6.92 Å². The Morgan fingerprint density at radius 1 is 1.45 bits per heavy atom. The highest BCUT2D eigenvalue weighted by Gasteiger charge is 2.36. The Labute approximate surface area is 64.4 Å². The van der Waals surface area contributed by atoms with Gasteiger partial charge >= 0.3 is 5.97 Å². The summed E-state index contributed by atoms with van der Waals surface area (Å²) in [4.78, 5) is 21.1. The van der Waals surface area contributed by atoms with Crippen molar-refractivity contribution in [3.8, 4) is 0 Å². The van der Waals surface area contributed by atoms with Gasteiger partial charge in [-0.1, -0.05) is 0 Å². The van der Waals surface area contributed by atoms with Crippen LogP contribution >= 0.6 is 0 Å². The number of hydrogen-bond acceptors (Lipinski definition) is 4. The van der Waals surface area contributed by atoms with Crippen molar-refractivity contribution in [2.75, 3.05) is 0 Å². The molecule has 64 valence electrons. The summed E-state index contributed by atoms with van der Waals surface area (Å²) in [6.45, 7) is 2.45. The topological polar surface area (TPSA) is 106 Å². The molecule has 0 rings (SSSR count). The number of hydrogen-bond donors (Lipinski definition) is 3. The van der Waals surface area contributed by atoms with E-state index in [1.807, 2.05) is 0 Å². The molecule has 0 aromatic carbocycles. The Morgan fingerprint density at radius 3 is 1.82 bits per heavy atom. The standard InChI is InChI=1S/C6H12N2O3/c1-3(9)4(5(10)11)6(2,7)8/h4H,7-8H2,1-2H3,(H,10,11). The molecular formula is C6H12N2O3. The quantitative estimate of drug-likeness (QED) is 0.359. The van der Waals surface area contributed by atoms with Gasteiger partial charge in [-0.05, 0) is 13.8 Å². The lowest BCUT2D eigenvalue weighted by Gasteiger charge is -2.24. The molecule has 11 heavy (non-hydrogen) atoms. The van der Waals surface area contributed by atoms with Crippen molar-refractivity contribution in [3.05, 3.63) is 0 Å². The fraction of sp³-hybridized carbons (Fsp3) is 0.667. The summed E-state index contributed by atoms with van der Waals surface area (Å²) in [5.41, 5.74) is 9.03. The van der Waals surface area contributed by atoms with Crippen LogP contribution in [0, 0.1) is 5.92 Å². The van der Waals surface area contributed by atoms with Gasteiger partial charge in [0.1, 0.15) is 11.7 Å². The van der Waals surface area contributed by atoms with Gasteiger partial charge in [-0.15, -0.1) is 0 Å². The van der Waals surface area contributed by atoms with Crippen LogP contribution in [0.15, 0.2) is 0 Å². The number of ketones is 1. The molecule has 1 unspecified atom stereocenters. The molecule has 0 radical (unpaired) electrons. The van der Waals surface area contributed by atoms with Gasteiger partial charge in [0.15, 0.2) is 0 Å². The Kier molecular flexibility index (Phi) is 2.72. The lowest BCUT2D eigenvalue weighted by Crippen LogP contribution is -2.57. The fourth-order valence-corrected chi connectivity index (χ4v) is 0.878. The summed E-state index contributed by atoms with van der Waals surface area (Å²) < 4.78 is 0. The van der Waals surface area contributed by atoms with E-state index in [4.69, 9.17) is 16.6 Å². The average Bonchev–Trinajstić information content (AvgIpc) is 1.54. The minimum absolute atomic E-state index is 0.537. The third kappa shape index (κ3) is 2.65. The molecule has 0 aromatic rings. The normalized spacial score (nSPS) is 14.2. The van der Waals surface area contributed by atoms with Crippen molar-refractivity contribution in [3.63, 3.8) is 0 Å². The molecular weight excluding hydrogens is 148 g/mol. The molecule has 5 N–H and O–H groups in total. The molecule has 0 spiro atoms. The Balaban J connectivity index is 4.63. The van der Waals surface area contributed by atoms with Gasteiger partial charge in [0.05, 0.1) is 5.66 Å². The van der Waals surface area contributed by atoms with Crippen molar-refractivity contribution in [1.29, 1.82) is 0 Å². The van der Waals surface area contributed by atoms with Gasteiger partial charge in [-0.25, -0.2) is 0 Å². The molecule has 0 aromatic heterocycles. The van der Waals surface area contributed by atoms with Crippen LogP contribution in [0.1, 0.15) is 13.8 Å². The number of carboxylic acid groups (broad SMARTS) is 1. The number of rotatable bonds is 3. The molecule has 0 bridgehead atoms. The molecule has 0 saturated carbocycles. The Bertz CT molecular complexity index is 169. The summed E-state index contributed by atoms with van der Waals surface area (Å²) in [6.07, 6.45) is 0. The van der Waals surface area contributed by atoms with Crippen LogP contribution in [0.2, 0.25) is 0 Å². The van der Waals surface area contributed by atoms with Gasteiger partial charge in [-0.2, -0.15) is 0 Å².